The van der Waals surface area contributed by atoms with E-state index >= 15 is 0 Å². The zero-order chi connectivity index (χ0) is 12.6. The van der Waals surface area contributed by atoms with Gasteiger partial charge in [0.15, 0.2) is 11.6 Å². The largest absolute Gasteiger partial charge is 0.490 e. The van der Waals surface area contributed by atoms with Gasteiger partial charge in [0.2, 0.25) is 0 Å². The average Bonchev–Trinajstić information content (AvgIpc) is 2.85. The van der Waals surface area contributed by atoms with Gasteiger partial charge in [0.25, 0.3) is 0 Å². The fourth-order valence-electron chi connectivity index (χ4n) is 2.04. The monoisotopic (exact) mass is 236 g/mol. The van der Waals surface area contributed by atoms with Gasteiger partial charge in [-0.05, 0) is 41.4 Å². The van der Waals surface area contributed by atoms with Crippen LogP contribution in [0, 0.1) is 17.2 Å². The number of hydrogen-bond donors (Lipinski definition) is 0. The maximum absolute atomic E-state index is 13.6. The molecule has 0 saturated heterocycles. The molecular formula is C15H21FO. The predicted octanol–water partition coefficient (Wildman–Crippen LogP) is 4.37. The Hall–Kier alpha value is -1.05. The highest BCUT2D eigenvalue weighted by molar-refractivity contribution is 5.32. The maximum atomic E-state index is 13.6. The summed E-state index contributed by atoms with van der Waals surface area (Å²) >= 11 is 0. The van der Waals surface area contributed by atoms with Crippen LogP contribution in [0.2, 0.25) is 0 Å². The van der Waals surface area contributed by atoms with Gasteiger partial charge < -0.3 is 4.74 Å². The van der Waals surface area contributed by atoms with Gasteiger partial charge in [0.1, 0.15) is 0 Å². The first kappa shape index (κ1) is 12.4. The fourth-order valence-corrected chi connectivity index (χ4v) is 2.04. The first-order chi connectivity index (χ1) is 7.90. The molecule has 0 spiro atoms. The lowest BCUT2D eigenvalue weighted by atomic mass is 10.0. The van der Waals surface area contributed by atoms with Crippen molar-refractivity contribution in [2.45, 2.75) is 40.0 Å². The number of halogens is 1. The highest BCUT2D eigenvalue weighted by Gasteiger charge is 2.45. The Morgan fingerprint density at radius 2 is 2.06 bits per heavy atom. The second-order valence-electron chi connectivity index (χ2n) is 6.05. The van der Waals surface area contributed by atoms with Crippen molar-refractivity contribution in [3.05, 3.63) is 29.6 Å². The molecule has 1 aliphatic carbocycles. The molecule has 1 fully saturated rings. The molecule has 2 heteroatoms. The van der Waals surface area contributed by atoms with E-state index in [1.807, 2.05) is 12.1 Å². The van der Waals surface area contributed by atoms with Crippen LogP contribution in [0.5, 0.6) is 5.75 Å². The summed E-state index contributed by atoms with van der Waals surface area (Å²) in [4.78, 5) is 0. The van der Waals surface area contributed by atoms with E-state index in [1.165, 1.54) is 12.5 Å². The fraction of sp³-hybridized carbons (Fsp3) is 0.600. The van der Waals surface area contributed by atoms with Crippen LogP contribution in [-0.4, -0.2) is 6.61 Å². The van der Waals surface area contributed by atoms with Gasteiger partial charge in [0.05, 0.1) is 6.61 Å². The Labute approximate surface area is 103 Å². The smallest absolute Gasteiger partial charge is 0.165 e. The molecule has 1 aromatic rings. The van der Waals surface area contributed by atoms with Gasteiger partial charge in [-0.25, -0.2) is 4.39 Å². The summed E-state index contributed by atoms with van der Waals surface area (Å²) in [7, 11) is 0. The molecular weight excluding hydrogens is 215 g/mol. The van der Waals surface area contributed by atoms with Gasteiger partial charge in [-0.1, -0.05) is 33.8 Å². The molecule has 0 bridgehead atoms. The summed E-state index contributed by atoms with van der Waals surface area (Å²) < 4.78 is 19.2. The SMILES string of the molecule is CC(C)c1ccc(F)c(OCC2CC2(C)C)c1. The predicted molar refractivity (Wildman–Crippen MR) is 67.9 cm³/mol. The maximum Gasteiger partial charge on any atom is 0.165 e. The molecule has 0 heterocycles. The van der Waals surface area contributed by atoms with Crippen molar-refractivity contribution in [3.8, 4) is 5.75 Å². The summed E-state index contributed by atoms with van der Waals surface area (Å²) in [6.07, 6.45) is 1.18. The van der Waals surface area contributed by atoms with E-state index in [1.54, 1.807) is 0 Å². The second kappa shape index (κ2) is 4.32. The van der Waals surface area contributed by atoms with E-state index < -0.39 is 0 Å². The summed E-state index contributed by atoms with van der Waals surface area (Å²) in [5, 5.41) is 0. The van der Waals surface area contributed by atoms with Gasteiger partial charge >= 0.3 is 0 Å². The summed E-state index contributed by atoms with van der Waals surface area (Å²) in [5.74, 6) is 1.12. The molecule has 1 nitrogen and oxygen atoms in total. The molecule has 1 atom stereocenters. The Kier molecular flexibility index (Phi) is 3.15. The Bertz CT molecular complexity index is 409. The first-order valence-electron chi connectivity index (χ1n) is 6.32. The summed E-state index contributed by atoms with van der Waals surface area (Å²) in [5.41, 5.74) is 1.50. The van der Waals surface area contributed by atoms with E-state index in [0.29, 0.717) is 29.6 Å². The van der Waals surface area contributed by atoms with E-state index in [4.69, 9.17) is 4.74 Å². The second-order valence-corrected chi connectivity index (χ2v) is 6.05. The molecule has 1 unspecified atom stereocenters. The average molecular weight is 236 g/mol. The summed E-state index contributed by atoms with van der Waals surface area (Å²) in [6, 6.07) is 5.16. The third kappa shape index (κ3) is 2.80. The molecule has 0 N–H and O–H groups in total. The molecule has 17 heavy (non-hydrogen) atoms. The van der Waals surface area contributed by atoms with Crippen LogP contribution < -0.4 is 4.74 Å². The van der Waals surface area contributed by atoms with Gasteiger partial charge in [-0.2, -0.15) is 0 Å². The zero-order valence-electron chi connectivity index (χ0n) is 11.1. The van der Waals surface area contributed by atoms with Crippen LogP contribution in [0.15, 0.2) is 18.2 Å². The van der Waals surface area contributed by atoms with Crippen LogP contribution in [0.4, 0.5) is 4.39 Å². The Morgan fingerprint density at radius 1 is 1.41 bits per heavy atom. The lowest BCUT2D eigenvalue weighted by molar-refractivity contribution is 0.267. The topological polar surface area (TPSA) is 9.23 Å². The van der Waals surface area contributed by atoms with Crippen LogP contribution in [-0.2, 0) is 0 Å². The van der Waals surface area contributed by atoms with Crippen molar-refractivity contribution in [2.75, 3.05) is 6.61 Å². The van der Waals surface area contributed by atoms with Crippen LogP contribution >= 0.6 is 0 Å². The van der Waals surface area contributed by atoms with Crippen molar-refractivity contribution in [3.63, 3.8) is 0 Å². The van der Waals surface area contributed by atoms with Crippen LogP contribution in [0.25, 0.3) is 0 Å². The molecule has 94 valence electrons. The van der Waals surface area contributed by atoms with Crippen molar-refractivity contribution in [1.29, 1.82) is 0 Å². The van der Waals surface area contributed by atoms with Crippen molar-refractivity contribution >= 4 is 0 Å². The number of ether oxygens (including phenoxy) is 1. The minimum absolute atomic E-state index is 0.257. The minimum atomic E-state index is -0.257. The minimum Gasteiger partial charge on any atom is -0.490 e. The highest BCUT2D eigenvalue weighted by Crippen LogP contribution is 2.51. The lowest BCUT2D eigenvalue weighted by Crippen LogP contribution is -2.05. The normalized spacial score (nSPS) is 21.6. The molecule has 0 amide bonds. The van der Waals surface area contributed by atoms with Crippen molar-refractivity contribution < 1.29 is 9.13 Å². The van der Waals surface area contributed by atoms with Crippen LogP contribution in [0.1, 0.15) is 45.6 Å². The molecule has 1 aromatic carbocycles. The molecule has 1 saturated carbocycles. The van der Waals surface area contributed by atoms with Crippen LogP contribution in [0.3, 0.4) is 0 Å². The highest BCUT2D eigenvalue weighted by atomic mass is 19.1. The quantitative estimate of drug-likeness (QED) is 0.754. The molecule has 0 radical (unpaired) electrons. The van der Waals surface area contributed by atoms with Gasteiger partial charge in [0, 0.05) is 0 Å². The van der Waals surface area contributed by atoms with Crippen molar-refractivity contribution in [1.82, 2.24) is 0 Å². The molecule has 1 aliphatic rings. The standard InChI is InChI=1S/C15H21FO/c1-10(2)11-5-6-13(16)14(7-11)17-9-12-8-15(12,3)4/h5-7,10,12H,8-9H2,1-4H3. The third-order valence-electron chi connectivity index (χ3n) is 3.78. The van der Waals surface area contributed by atoms with E-state index in [0.717, 1.165) is 5.56 Å². The Morgan fingerprint density at radius 3 is 2.59 bits per heavy atom. The van der Waals surface area contributed by atoms with E-state index in [-0.39, 0.29) is 5.82 Å². The summed E-state index contributed by atoms with van der Waals surface area (Å²) in [6.45, 7) is 9.28. The van der Waals surface area contributed by atoms with E-state index in [9.17, 15) is 4.39 Å². The number of benzene rings is 1. The van der Waals surface area contributed by atoms with E-state index in [2.05, 4.69) is 27.7 Å². The number of hydrogen-bond acceptors (Lipinski definition) is 1. The third-order valence-corrected chi connectivity index (χ3v) is 3.78. The first-order valence-corrected chi connectivity index (χ1v) is 6.32. The van der Waals surface area contributed by atoms with Gasteiger partial charge in [-0.3, -0.25) is 0 Å². The van der Waals surface area contributed by atoms with Crippen molar-refractivity contribution in [2.24, 2.45) is 11.3 Å². The Balaban J connectivity index is 2.02. The molecule has 2 rings (SSSR count). The number of rotatable bonds is 4. The van der Waals surface area contributed by atoms with Gasteiger partial charge in [-0.15, -0.1) is 0 Å². The lowest BCUT2D eigenvalue weighted by Gasteiger charge is -2.11. The zero-order valence-corrected chi connectivity index (χ0v) is 11.1. The molecule has 0 aliphatic heterocycles. The molecule has 0 aromatic heterocycles.